The number of benzene rings is 2. The van der Waals surface area contributed by atoms with Gasteiger partial charge in [-0.2, -0.15) is 0 Å². The van der Waals surface area contributed by atoms with E-state index in [1.165, 1.54) is 0 Å². The smallest absolute Gasteiger partial charge is 0.163 e. The molecule has 23 heavy (non-hydrogen) atoms. The highest BCUT2D eigenvalue weighted by Crippen LogP contribution is 2.17. The van der Waals surface area contributed by atoms with E-state index in [4.69, 9.17) is 16.3 Å². The van der Waals surface area contributed by atoms with Crippen molar-refractivity contribution in [2.75, 3.05) is 13.7 Å². The minimum atomic E-state index is -0.222. The minimum absolute atomic E-state index is 0.0138. The summed E-state index contributed by atoms with van der Waals surface area (Å²) in [5.41, 5.74) is 1.59. The van der Waals surface area contributed by atoms with Gasteiger partial charge < -0.3 is 9.84 Å². The first-order valence-electron chi connectivity index (χ1n) is 7.34. The van der Waals surface area contributed by atoms with E-state index in [-0.39, 0.29) is 24.7 Å². The number of carbonyl (C=O) groups is 1. The van der Waals surface area contributed by atoms with Gasteiger partial charge in [-0.25, -0.2) is 0 Å². The molecule has 0 aliphatic heterocycles. The molecule has 4 heteroatoms. The van der Waals surface area contributed by atoms with Gasteiger partial charge in [0.25, 0.3) is 0 Å². The maximum absolute atomic E-state index is 12.2. The SMILES string of the molecule is COc1ccc(/C=C/[C@@H](CO)CC(=O)c2ccc(Cl)cc2)cc1. The second-order valence-corrected chi connectivity index (χ2v) is 5.65. The van der Waals surface area contributed by atoms with Gasteiger partial charge in [-0.15, -0.1) is 0 Å². The van der Waals surface area contributed by atoms with Crippen molar-refractivity contribution in [3.63, 3.8) is 0 Å². The molecular weight excluding hydrogens is 312 g/mol. The number of ether oxygens (including phenoxy) is 1. The Morgan fingerprint density at radius 3 is 2.39 bits per heavy atom. The number of hydrogen-bond donors (Lipinski definition) is 1. The first-order valence-corrected chi connectivity index (χ1v) is 7.72. The summed E-state index contributed by atoms with van der Waals surface area (Å²) >= 11 is 5.82. The van der Waals surface area contributed by atoms with E-state index in [9.17, 15) is 9.90 Å². The molecule has 1 N–H and O–H groups in total. The molecule has 0 spiro atoms. The van der Waals surface area contributed by atoms with Crippen molar-refractivity contribution in [3.8, 4) is 5.75 Å². The molecule has 2 aromatic rings. The van der Waals surface area contributed by atoms with E-state index in [1.54, 1.807) is 31.4 Å². The van der Waals surface area contributed by atoms with E-state index in [1.807, 2.05) is 36.4 Å². The molecule has 0 saturated heterocycles. The summed E-state index contributed by atoms with van der Waals surface area (Å²) in [5.74, 6) is 0.555. The molecule has 0 amide bonds. The Bertz CT molecular complexity index is 660. The summed E-state index contributed by atoms with van der Waals surface area (Å²) in [6.07, 6.45) is 4.01. The Balaban J connectivity index is 1.99. The number of hydrogen-bond acceptors (Lipinski definition) is 3. The number of aliphatic hydroxyl groups excluding tert-OH is 1. The minimum Gasteiger partial charge on any atom is -0.497 e. The zero-order chi connectivity index (χ0) is 16.7. The Morgan fingerprint density at radius 2 is 1.83 bits per heavy atom. The second kappa shape index (κ2) is 8.51. The molecule has 0 fully saturated rings. The van der Waals surface area contributed by atoms with Gasteiger partial charge in [0.05, 0.1) is 7.11 Å². The van der Waals surface area contributed by atoms with Crippen molar-refractivity contribution in [1.29, 1.82) is 0 Å². The van der Waals surface area contributed by atoms with Gasteiger partial charge in [0.1, 0.15) is 5.75 Å². The van der Waals surface area contributed by atoms with Crippen LogP contribution in [0, 0.1) is 5.92 Å². The summed E-state index contributed by atoms with van der Waals surface area (Å²) in [7, 11) is 1.62. The number of Topliss-reactive ketones (excluding diaryl/α,β-unsaturated/α-hetero) is 1. The fourth-order valence-electron chi connectivity index (χ4n) is 2.15. The standard InChI is InChI=1S/C19H19ClO3/c1-23-18-10-4-14(5-11-18)2-3-15(13-21)12-19(22)16-6-8-17(20)9-7-16/h2-11,15,21H,12-13H2,1H3/b3-2+/t15-/m1/s1. The summed E-state index contributed by atoms with van der Waals surface area (Å²) in [6.45, 7) is -0.0774. The number of halogens is 1. The topological polar surface area (TPSA) is 46.5 Å². The van der Waals surface area contributed by atoms with Crippen LogP contribution < -0.4 is 4.74 Å². The highest BCUT2D eigenvalue weighted by atomic mass is 35.5. The molecule has 2 aromatic carbocycles. The zero-order valence-corrected chi connectivity index (χ0v) is 13.7. The molecule has 0 bridgehead atoms. The number of aliphatic hydroxyl groups is 1. The Kier molecular flexibility index (Phi) is 6.39. The van der Waals surface area contributed by atoms with Gasteiger partial charge in [0.15, 0.2) is 5.78 Å². The fraction of sp³-hybridized carbons (Fsp3) is 0.211. The van der Waals surface area contributed by atoms with Crippen LogP contribution in [0.25, 0.3) is 6.08 Å². The van der Waals surface area contributed by atoms with Crippen LogP contribution >= 0.6 is 11.6 Å². The molecule has 0 heterocycles. The summed E-state index contributed by atoms with van der Waals surface area (Å²) in [4.78, 5) is 12.2. The van der Waals surface area contributed by atoms with Crippen LogP contribution in [0.3, 0.4) is 0 Å². The van der Waals surface area contributed by atoms with Crippen LogP contribution in [0.5, 0.6) is 5.75 Å². The lowest BCUT2D eigenvalue weighted by Gasteiger charge is -2.09. The third kappa shape index (κ3) is 5.23. The maximum atomic E-state index is 12.2. The van der Waals surface area contributed by atoms with Crippen molar-refractivity contribution in [1.82, 2.24) is 0 Å². The zero-order valence-electron chi connectivity index (χ0n) is 12.9. The van der Waals surface area contributed by atoms with Crippen LogP contribution in [-0.2, 0) is 0 Å². The molecule has 0 unspecified atom stereocenters. The van der Waals surface area contributed by atoms with Crippen LogP contribution in [-0.4, -0.2) is 24.6 Å². The van der Waals surface area contributed by atoms with Crippen molar-refractivity contribution < 1.29 is 14.6 Å². The van der Waals surface area contributed by atoms with E-state index in [0.717, 1.165) is 11.3 Å². The average molecular weight is 331 g/mol. The van der Waals surface area contributed by atoms with Crippen LogP contribution in [0.15, 0.2) is 54.6 Å². The van der Waals surface area contributed by atoms with Gasteiger partial charge in [-0.3, -0.25) is 4.79 Å². The largest absolute Gasteiger partial charge is 0.497 e. The van der Waals surface area contributed by atoms with Crippen LogP contribution in [0.1, 0.15) is 22.3 Å². The molecule has 1 atom stereocenters. The van der Waals surface area contributed by atoms with E-state index in [2.05, 4.69) is 0 Å². The van der Waals surface area contributed by atoms with Gasteiger partial charge in [0, 0.05) is 29.5 Å². The molecule has 0 aliphatic rings. The van der Waals surface area contributed by atoms with Gasteiger partial charge in [-0.1, -0.05) is 35.9 Å². The van der Waals surface area contributed by atoms with Crippen LogP contribution in [0.2, 0.25) is 5.02 Å². The van der Waals surface area contributed by atoms with Crippen molar-refractivity contribution in [2.24, 2.45) is 5.92 Å². The monoisotopic (exact) mass is 330 g/mol. The predicted molar refractivity (Wildman–Crippen MR) is 93.0 cm³/mol. The highest BCUT2D eigenvalue weighted by molar-refractivity contribution is 6.30. The Labute approximate surface area is 141 Å². The lowest BCUT2D eigenvalue weighted by atomic mass is 9.97. The molecular formula is C19H19ClO3. The number of carbonyl (C=O) groups excluding carboxylic acids is 1. The predicted octanol–water partition coefficient (Wildman–Crippen LogP) is 4.24. The quantitative estimate of drug-likeness (QED) is 0.772. The number of ketones is 1. The van der Waals surface area contributed by atoms with Crippen molar-refractivity contribution >= 4 is 23.5 Å². The summed E-state index contributed by atoms with van der Waals surface area (Å²) < 4.78 is 5.11. The molecule has 3 nitrogen and oxygen atoms in total. The molecule has 2 rings (SSSR count). The van der Waals surface area contributed by atoms with Crippen molar-refractivity contribution in [2.45, 2.75) is 6.42 Å². The van der Waals surface area contributed by atoms with Gasteiger partial charge in [0.2, 0.25) is 0 Å². The Hall–Kier alpha value is -2.10. The molecule has 0 saturated carbocycles. The second-order valence-electron chi connectivity index (χ2n) is 5.21. The van der Waals surface area contributed by atoms with Crippen molar-refractivity contribution in [3.05, 3.63) is 70.8 Å². The summed E-state index contributed by atoms with van der Waals surface area (Å²) in [6, 6.07) is 14.4. The molecule has 0 aromatic heterocycles. The third-order valence-electron chi connectivity index (χ3n) is 3.52. The average Bonchev–Trinajstić information content (AvgIpc) is 2.59. The fourth-order valence-corrected chi connectivity index (χ4v) is 2.27. The highest BCUT2D eigenvalue weighted by Gasteiger charge is 2.12. The third-order valence-corrected chi connectivity index (χ3v) is 3.78. The van der Waals surface area contributed by atoms with E-state index in [0.29, 0.717) is 10.6 Å². The molecule has 120 valence electrons. The number of rotatable bonds is 7. The maximum Gasteiger partial charge on any atom is 0.163 e. The first kappa shape index (κ1) is 17.3. The van der Waals surface area contributed by atoms with Gasteiger partial charge >= 0.3 is 0 Å². The molecule has 0 radical (unpaired) electrons. The first-order chi connectivity index (χ1) is 11.1. The summed E-state index contributed by atoms with van der Waals surface area (Å²) in [5, 5.41) is 10.1. The molecule has 0 aliphatic carbocycles. The van der Waals surface area contributed by atoms with Crippen LogP contribution in [0.4, 0.5) is 0 Å². The lowest BCUT2D eigenvalue weighted by molar-refractivity contribution is 0.0952. The Morgan fingerprint density at radius 1 is 1.17 bits per heavy atom. The van der Waals surface area contributed by atoms with E-state index >= 15 is 0 Å². The van der Waals surface area contributed by atoms with E-state index < -0.39 is 0 Å². The normalized spacial score (nSPS) is 12.3. The number of methoxy groups -OCH3 is 1. The van der Waals surface area contributed by atoms with Gasteiger partial charge in [-0.05, 0) is 42.0 Å². The lowest BCUT2D eigenvalue weighted by Crippen LogP contribution is -2.10.